The lowest BCUT2D eigenvalue weighted by atomic mass is 10.0. The molecule has 0 aliphatic carbocycles. The molecule has 0 amide bonds. The largest absolute Gasteiger partial charge is 0.349 e. The second-order valence-corrected chi connectivity index (χ2v) is 5.34. The van der Waals surface area contributed by atoms with Crippen LogP contribution in [0.2, 0.25) is 0 Å². The summed E-state index contributed by atoms with van der Waals surface area (Å²) in [5.41, 5.74) is 2.41. The number of aromatic amines is 1. The number of H-pyrrole nitrogens is 1. The van der Waals surface area contributed by atoms with Crippen molar-refractivity contribution in [3.63, 3.8) is 0 Å². The highest BCUT2D eigenvalue weighted by Crippen LogP contribution is 2.27. The lowest BCUT2D eigenvalue weighted by Crippen LogP contribution is -1.97. The Hall–Kier alpha value is -1.80. The highest BCUT2D eigenvalue weighted by atomic mass is 35.5. The third kappa shape index (κ3) is 2.64. The molecule has 3 aromatic rings. The van der Waals surface area contributed by atoms with Crippen molar-refractivity contribution in [2.24, 2.45) is 0 Å². The number of alkyl halides is 1. The molecule has 2 nitrogen and oxygen atoms in total. The minimum Gasteiger partial charge on any atom is -0.349 e. The third-order valence-electron chi connectivity index (χ3n) is 3.31. The number of nitrogens with one attached hydrogen (secondary N) is 1. The van der Waals surface area contributed by atoms with E-state index in [-0.39, 0.29) is 5.38 Å². The highest BCUT2D eigenvalue weighted by Gasteiger charge is 2.11. The van der Waals surface area contributed by atoms with E-state index in [2.05, 4.69) is 53.3 Å². The minimum absolute atomic E-state index is 0.0585. The van der Waals surface area contributed by atoms with Crippen LogP contribution in [-0.2, 0) is 6.42 Å². The molecule has 0 saturated heterocycles. The molecule has 0 aliphatic heterocycles. The zero-order valence-electron chi connectivity index (χ0n) is 10.7. The molecule has 0 spiro atoms. The Morgan fingerprint density at radius 1 is 1.16 bits per heavy atom. The molecule has 0 fully saturated rings. The normalized spacial score (nSPS) is 12.7. The lowest BCUT2D eigenvalue weighted by Gasteiger charge is -2.10. The first kappa shape index (κ1) is 12.2. The van der Waals surface area contributed by atoms with Crippen LogP contribution in [0.15, 0.2) is 48.8 Å². The van der Waals surface area contributed by atoms with E-state index >= 15 is 0 Å². The topological polar surface area (TPSA) is 28.7 Å². The first-order valence-corrected chi connectivity index (χ1v) is 6.79. The number of aromatic nitrogens is 2. The van der Waals surface area contributed by atoms with Gasteiger partial charge in [0.1, 0.15) is 5.82 Å². The van der Waals surface area contributed by atoms with Crippen molar-refractivity contribution in [3.05, 3.63) is 65.7 Å². The SMILES string of the molecule is Cc1ccc2cc(C(Cl)Cc3ncc[nH]3)ccc2c1. The second kappa shape index (κ2) is 5.06. The Morgan fingerprint density at radius 2 is 1.95 bits per heavy atom. The van der Waals surface area contributed by atoms with E-state index < -0.39 is 0 Å². The van der Waals surface area contributed by atoms with Crippen molar-refractivity contribution in [3.8, 4) is 0 Å². The zero-order valence-corrected chi connectivity index (χ0v) is 11.5. The fraction of sp³-hybridized carbons (Fsp3) is 0.188. The van der Waals surface area contributed by atoms with Gasteiger partial charge in [-0.25, -0.2) is 4.98 Å². The molecule has 1 heterocycles. The predicted octanol–water partition coefficient (Wildman–Crippen LogP) is 4.39. The summed E-state index contributed by atoms with van der Waals surface area (Å²) in [5.74, 6) is 0.920. The van der Waals surface area contributed by atoms with Crippen molar-refractivity contribution in [2.75, 3.05) is 0 Å². The van der Waals surface area contributed by atoms with Gasteiger partial charge in [-0.15, -0.1) is 11.6 Å². The zero-order chi connectivity index (χ0) is 13.2. The van der Waals surface area contributed by atoms with Crippen molar-refractivity contribution >= 4 is 22.4 Å². The molecule has 2 aromatic carbocycles. The fourth-order valence-electron chi connectivity index (χ4n) is 2.28. The van der Waals surface area contributed by atoms with Crippen molar-refractivity contribution in [1.82, 2.24) is 9.97 Å². The van der Waals surface area contributed by atoms with Crippen LogP contribution in [0, 0.1) is 6.92 Å². The molecule has 0 radical (unpaired) electrons. The van der Waals surface area contributed by atoms with Crippen LogP contribution in [0.3, 0.4) is 0 Å². The number of rotatable bonds is 3. The lowest BCUT2D eigenvalue weighted by molar-refractivity contribution is 0.856. The maximum atomic E-state index is 6.47. The monoisotopic (exact) mass is 270 g/mol. The number of fused-ring (bicyclic) bond motifs is 1. The van der Waals surface area contributed by atoms with Crippen LogP contribution in [0.25, 0.3) is 10.8 Å². The Balaban J connectivity index is 1.90. The number of benzene rings is 2. The molecular formula is C16H15ClN2. The van der Waals surface area contributed by atoms with E-state index in [9.17, 15) is 0 Å². The quantitative estimate of drug-likeness (QED) is 0.703. The van der Waals surface area contributed by atoms with Crippen LogP contribution in [0.4, 0.5) is 0 Å². The standard InChI is InChI=1S/C16H15ClN2/c1-11-2-3-13-9-14(5-4-12(13)8-11)15(17)10-16-18-6-7-19-16/h2-9,15H,10H2,1H3,(H,18,19). The number of hydrogen-bond donors (Lipinski definition) is 1. The van der Waals surface area contributed by atoms with Crippen molar-refractivity contribution in [1.29, 1.82) is 0 Å². The molecule has 3 heteroatoms. The molecule has 0 saturated carbocycles. The number of hydrogen-bond acceptors (Lipinski definition) is 1. The number of nitrogens with zero attached hydrogens (tertiary/aromatic N) is 1. The summed E-state index contributed by atoms with van der Waals surface area (Å²) >= 11 is 6.47. The molecular weight excluding hydrogens is 256 g/mol. The molecule has 0 aliphatic rings. The summed E-state index contributed by atoms with van der Waals surface area (Å²) in [6.45, 7) is 2.11. The van der Waals surface area contributed by atoms with Gasteiger partial charge in [-0.2, -0.15) is 0 Å². The fourth-order valence-corrected chi connectivity index (χ4v) is 2.56. The minimum atomic E-state index is -0.0585. The predicted molar refractivity (Wildman–Crippen MR) is 79.6 cm³/mol. The molecule has 3 rings (SSSR count). The van der Waals surface area contributed by atoms with Gasteiger partial charge in [0, 0.05) is 18.8 Å². The molecule has 1 unspecified atom stereocenters. The van der Waals surface area contributed by atoms with Crippen LogP contribution in [0.5, 0.6) is 0 Å². The van der Waals surface area contributed by atoms with Gasteiger partial charge in [-0.1, -0.05) is 35.9 Å². The smallest absolute Gasteiger partial charge is 0.107 e. The van der Waals surface area contributed by atoms with E-state index in [4.69, 9.17) is 11.6 Å². The van der Waals surface area contributed by atoms with E-state index in [0.29, 0.717) is 6.42 Å². The molecule has 0 bridgehead atoms. The molecule has 1 N–H and O–H groups in total. The van der Waals surface area contributed by atoms with Crippen LogP contribution < -0.4 is 0 Å². The van der Waals surface area contributed by atoms with Crippen LogP contribution in [0.1, 0.15) is 22.3 Å². The Morgan fingerprint density at radius 3 is 2.74 bits per heavy atom. The third-order valence-corrected chi connectivity index (χ3v) is 3.72. The Bertz CT molecular complexity index is 689. The summed E-state index contributed by atoms with van der Waals surface area (Å²) in [6, 6.07) is 12.9. The average molecular weight is 271 g/mol. The van der Waals surface area contributed by atoms with Crippen molar-refractivity contribution < 1.29 is 0 Å². The van der Waals surface area contributed by atoms with E-state index in [1.807, 2.05) is 6.20 Å². The maximum absolute atomic E-state index is 6.47. The number of imidazole rings is 1. The van der Waals surface area contributed by atoms with Crippen molar-refractivity contribution in [2.45, 2.75) is 18.7 Å². The average Bonchev–Trinajstić information content (AvgIpc) is 2.91. The van der Waals surface area contributed by atoms with Crippen LogP contribution in [-0.4, -0.2) is 9.97 Å². The number of halogens is 1. The summed E-state index contributed by atoms with van der Waals surface area (Å²) < 4.78 is 0. The first-order chi connectivity index (χ1) is 9.22. The second-order valence-electron chi connectivity index (χ2n) is 4.82. The summed E-state index contributed by atoms with van der Waals surface area (Å²) in [6.07, 6.45) is 4.29. The van der Waals surface area contributed by atoms with E-state index in [1.54, 1.807) is 6.20 Å². The summed E-state index contributed by atoms with van der Waals surface area (Å²) in [4.78, 5) is 7.30. The summed E-state index contributed by atoms with van der Waals surface area (Å²) in [7, 11) is 0. The van der Waals surface area contributed by atoms with Gasteiger partial charge in [0.15, 0.2) is 0 Å². The number of aryl methyl sites for hydroxylation is 1. The van der Waals surface area contributed by atoms with E-state index in [0.717, 1.165) is 11.4 Å². The Labute approximate surface area is 117 Å². The molecule has 19 heavy (non-hydrogen) atoms. The highest BCUT2D eigenvalue weighted by molar-refractivity contribution is 6.21. The van der Waals surface area contributed by atoms with Crippen LogP contribution >= 0.6 is 11.6 Å². The van der Waals surface area contributed by atoms with Gasteiger partial charge >= 0.3 is 0 Å². The first-order valence-electron chi connectivity index (χ1n) is 6.35. The van der Waals surface area contributed by atoms with E-state index in [1.165, 1.54) is 16.3 Å². The Kier molecular flexibility index (Phi) is 3.26. The van der Waals surface area contributed by atoms with Gasteiger partial charge in [0.05, 0.1) is 5.38 Å². The summed E-state index contributed by atoms with van der Waals surface area (Å²) in [5, 5.41) is 2.43. The van der Waals surface area contributed by atoms with Gasteiger partial charge in [0.2, 0.25) is 0 Å². The molecule has 1 atom stereocenters. The van der Waals surface area contributed by atoms with Gasteiger partial charge in [-0.05, 0) is 29.3 Å². The van der Waals surface area contributed by atoms with Gasteiger partial charge < -0.3 is 4.98 Å². The maximum Gasteiger partial charge on any atom is 0.107 e. The molecule has 1 aromatic heterocycles. The van der Waals surface area contributed by atoms with Gasteiger partial charge in [0.25, 0.3) is 0 Å². The van der Waals surface area contributed by atoms with Gasteiger partial charge in [-0.3, -0.25) is 0 Å². The molecule has 96 valence electrons.